The first kappa shape index (κ1) is 31.5. The van der Waals surface area contributed by atoms with Gasteiger partial charge < -0.3 is 31.4 Å². The van der Waals surface area contributed by atoms with Gasteiger partial charge in [0.2, 0.25) is 17.7 Å². The minimum Gasteiger partial charge on any atom is -0.444 e. The molecule has 6 N–H and O–H groups in total. The maximum Gasteiger partial charge on any atom is 0.408 e. The Kier molecular flexibility index (Phi) is 11.2. The van der Waals surface area contributed by atoms with Crippen molar-refractivity contribution in [1.29, 1.82) is 0 Å². The molecule has 11 heteroatoms. The fourth-order valence-electron chi connectivity index (χ4n) is 4.30. The second kappa shape index (κ2) is 14.6. The van der Waals surface area contributed by atoms with E-state index < -0.39 is 47.5 Å². The molecule has 3 aromatic rings. The van der Waals surface area contributed by atoms with E-state index in [-0.39, 0.29) is 12.8 Å². The fourth-order valence-corrected chi connectivity index (χ4v) is 4.77. The number of hydrogen-bond donors (Lipinski definition) is 5. The van der Waals surface area contributed by atoms with Crippen LogP contribution in [0, 0.1) is 0 Å². The Balaban J connectivity index is 1.80. The Morgan fingerprint density at radius 1 is 0.878 bits per heavy atom. The number of rotatable bonds is 13. The van der Waals surface area contributed by atoms with Gasteiger partial charge in [-0.05, 0) is 56.4 Å². The van der Waals surface area contributed by atoms with Gasteiger partial charge in [0.1, 0.15) is 23.7 Å². The third-order valence-electron chi connectivity index (χ3n) is 6.29. The Bertz CT molecular complexity index is 1340. The zero-order valence-electron chi connectivity index (χ0n) is 23.9. The van der Waals surface area contributed by atoms with Crippen molar-refractivity contribution in [1.82, 2.24) is 20.9 Å². The van der Waals surface area contributed by atoms with Crippen molar-refractivity contribution in [3.8, 4) is 0 Å². The van der Waals surface area contributed by atoms with Crippen molar-refractivity contribution in [2.75, 3.05) is 12.0 Å². The third kappa shape index (κ3) is 9.86. The number of alkyl carbamates (subject to hydrolysis) is 1. The number of H-pyrrole nitrogens is 1. The van der Waals surface area contributed by atoms with Gasteiger partial charge in [-0.15, -0.1) is 0 Å². The van der Waals surface area contributed by atoms with Crippen LogP contribution >= 0.6 is 11.8 Å². The number of benzene rings is 2. The molecule has 3 atom stereocenters. The highest BCUT2D eigenvalue weighted by atomic mass is 32.2. The summed E-state index contributed by atoms with van der Waals surface area (Å²) < 4.78 is 5.41. The largest absolute Gasteiger partial charge is 0.444 e. The highest BCUT2D eigenvalue weighted by Crippen LogP contribution is 2.20. The minimum atomic E-state index is -1.04. The van der Waals surface area contributed by atoms with E-state index in [1.54, 1.807) is 27.0 Å². The van der Waals surface area contributed by atoms with E-state index in [1.807, 2.05) is 60.9 Å². The number of thioether (sulfide) groups is 1. The van der Waals surface area contributed by atoms with E-state index in [1.165, 1.54) is 11.8 Å². The molecule has 3 rings (SSSR count). The molecule has 0 spiro atoms. The lowest BCUT2D eigenvalue weighted by Gasteiger charge is -2.26. The monoisotopic (exact) mass is 581 g/mol. The minimum absolute atomic E-state index is 0.157. The summed E-state index contributed by atoms with van der Waals surface area (Å²) in [5, 5.41) is 9.08. The number of hydrogen-bond acceptors (Lipinski definition) is 6. The number of carbonyl (C=O) groups is 4. The number of fused-ring (bicyclic) bond motifs is 1. The highest BCUT2D eigenvalue weighted by Gasteiger charge is 2.30. The molecule has 220 valence electrons. The van der Waals surface area contributed by atoms with E-state index in [2.05, 4.69) is 20.9 Å². The van der Waals surface area contributed by atoms with Gasteiger partial charge >= 0.3 is 6.09 Å². The maximum absolute atomic E-state index is 13.6. The molecular weight excluding hydrogens is 542 g/mol. The summed E-state index contributed by atoms with van der Waals surface area (Å²) in [6.07, 6.45) is 3.61. The number of nitrogens with two attached hydrogens (primary N) is 1. The summed E-state index contributed by atoms with van der Waals surface area (Å²) in [4.78, 5) is 55.0. The van der Waals surface area contributed by atoms with Gasteiger partial charge in [-0.3, -0.25) is 14.4 Å². The molecule has 2 aromatic carbocycles. The molecule has 0 fully saturated rings. The second-order valence-corrected chi connectivity index (χ2v) is 11.7. The van der Waals surface area contributed by atoms with Crippen molar-refractivity contribution in [2.45, 2.75) is 63.8 Å². The first-order chi connectivity index (χ1) is 19.5. The van der Waals surface area contributed by atoms with Crippen LogP contribution in [0.3, 0.4) is 0 Å². The number of ether oxygens (including phenoxy) is 1. The average molecular weight is 582 g/mol. The molecular formula is C30H39N5O5S. The normalized spacial score (nSPS) is 13.6. The second-order valence-electron chi connectivity index (χ2n) is 10.8. The summed E-state index contributed by atoms with van der Waals surface area (Å²) >= 11 is 1.52. The third-order valence-corrected chi connectivity index (χ3v) is 6.94. The maximum atomic E-state index is 13.6. The first-order valence-electron chi connectivity index (χ1n) is 13.4. The van der Waals surface area contributed by atoms with E-state index in [9.17, 15) is 19.2 Å². The molecule has 41 heavy (non-hydrogen) atoms. The van der Waals surface area contributed by atoms with Crippen LogP contribution in [0.25, 0.3) is 10.9 Å². The predicted octanol–water partition coefficient (Wildman–Crippen LogP) is 3.05. The molecule has 0 saturated heterocycles. The molecule has 0 aliphatic carbocycles. The Morgan fingerprint density at radius 2 is 1.51 bits per heavy atom. The Labute approximate surface area is 244 Å². The van der Waals surface area contributed by atoms with Gasteiger partial charge in [-0.2, -0.15) is 11.8 Å². The van der Waals surface area contributed by atoms with Crippen LogP contribution in [0.15, 0.2) is 60.8 Å². The number of nitrogens with one attached hydrogen (secondary N) is 4. The average Bonchev–Trinajstić information content (AvgIpc) is 3.32. The molecule has 0 saturated carbocycles. The van der Waals surface area contributed by atoms with Crippen LogP contribution in [-0.4, -0.2) is 64.5 Å². The molecule has 0 radical (unpaired) electrons. The zero-order valence-corrected chi connectivity index (χ0v) is 24.7. The zero-order chi connectivity index (χ0) is 30.0. The van der Waals surface area contributed by atoms with Crippen molar-refractivity contribution in [2.24, 2.45) is 5.73 Å². The van der Waals surface area contributed by atoms with Crippen molar-refractivity contribution >= 4 is 46.5 Å². The Hall–Kier alpha value is -3.99. The highest BCUT2D eigenvalue weighted by molar-refractivity contribution is 7.98. The number of aromatic amines is 1. The lowest BCUT2D eigenvalue weighted by atomic mass is 10.0. The predicted molar refractivity (Wildman–Crippen MR) is 161 cm³/mol. The van der Waals surface area contributed by atoms with Crippen LogP contribution in [0.5, 0.6) is 0 Å². The molecule has 0 unspecified atom stereocenters. The summed E-state index contributed by atoms with van der Waals surface area (Å²) in [5.41, 5.74) is 7.38. The van der Waals surface area contributed by atoms with Gasteiger partial charge in [0.15, 0.2) is 0 Å². The molecule has 1 aromatic heterocycles. The van der Waals surface area contributed by atoms with Crippen molar-refractivity contribution < 1.29 is 23.9 Å². The number of para-hydroxylation sites is 1. The molecule has 1 heterocycles. The summed E-state index contributed by atoms with van der Waals surface area (Å²) in [6, 6.07) is 13.9. The number of aromatic nitrogens is 1. The van der Waals surface area contributed by atoms with Crippen LogP contribution in [0.2, 0.25) is 0 Å². The van der Waals surface area contributed by atoms with Gasteiger partial charge in [0, 0.05) is 29.9 Å². The van der Waals surface area contributed by atoms with Crippen molar-refractivity contribution in [3.63, 3.8) is 0 Å². The lowest BCUT2D eigenvalue weighted by Crippen LogP contribution is -2.57. The molecule has 10 nitrogen and oxygen atoms in total. The Morgan fingerprint density at radius 3 is 2.17 bits per heavy atom. The van der Waals surface area contributed by atoms with Crippen LogP contribution in [0.4, 0.5) is 4.79 Å². The van der Waals surface area contributed by atoms with Crippen LogP contribution in [0.1, 0.15) is 38.3 Å². The van der Waals surface area contributed by atoms with Crippen molar-refractivity contribution in [3.05, 3.63) is 71.9 Å². The van der Waals surface area contributed by atoms with Gasteiger partial charge in [0.05, 0.1) is 0 Å². The van der Waals surface area contributed by atoms with Gasteiger partial charge in [-0.25, -0.2) is 4.79 Å². The number of amides is 4. The number of primary amides is 1. The molecule has 0 aliphatic heterocycles. The summed E-state index contributed by atoms with van der Waals surface area (Å²) in [5.74, 6) is -1.19. The molecule has 0 bridgehead atoms. The molecule has 0 aliphatic rings. The van der Waals surface area contributed by atoms with E-state index in [0.717, 1.165) is 22.0 Å². The first-order valence-corrected chi connectivity index (χ1v) is 14.8. The fraction of sp³-hybridized carbons (Fsp3) is 0.400. The summed E-state index contributed by atoms with van der Waals surface area (Å²) in [6.45, 7) is 5.19. The van der Waals surface area contributed by atoms with Crippen LogP contribution < -0.4 is 21.7 Å². The van der Waals surface area contributed by atoms with Gasteiger partial charge in [-0.1, -0.05) is 48.5 Å². The quantitative estimate of drug-likeness (QED) is 0.209. The smallest absolute Gasteiger partial charge is 0.408 e. The van der Waals surface area contributed by atoms with Crippen LogP contribution in [-0.2, 0) is 32.0 Å². The SMILES string of the molecule is CSCC[C@H](NC(=O)[C@H](Cc1c[nH]c2ccccc12)NC(=O)OC(C)(C)C)C(=O)N[C@@H](Cc1ccccc1)C(N)=O. The summed E-state index contributed by atoms with van der Waals surface area (Å²) in [7, 11) is 0. The van der Waals surface area contributed by atoms with Gasteiger partial charge in [0.25, 0.3) is 0 Å². The van der Waals surface area contributed by atoms with E-state index >= 15 is 0 Å². The number of carbonyl (C=O) groups excluding carboxylic acids is 4. The topological polar surface area (TPSA) is 155 Å². The van der Waals surface area contributed by atoms with E-state index in [0.29, 0.717) is 12.2 Å². The lowest BCUT2D eigenvalue weighted by molar-refractivity contribution is -0.132. The standard InChI is InChI=1S/C30H39N5O5S/c1-30(2,3)40-29(39)35-25(17-20-18-32-22-13-9-8-12-21(20)22)28(38)33-23(14-15-41-4)27(37)34-24(26(31)36)16-19-10-6-5-7-11-19/h5-13,18,23-25,32H,14-17H2,1-4H3,(H2,31,36)(H,33,38)(H,34,37)(H,35,39)/t23-,24-,25-/m0/s1. The van der Waals surface area contributed by atoms with E-state index in [4.69, 9.17) is 10.5 Å². The molecule has 4 amide bonds.